The summed E-state index contributed by atoms with van der Waals surface area (Å²) in [6.45, 7) is 0. The van der Waals surface area contributed by atoms with E-state index < -0.39 is 0 Å². The van der Waals surface area contributed by atoms with Gasteiger partial charge in [0.1, 0.15) is 5.75 Å². The van der Waals surface area contributed by atoms with Crippen molar-refractivity contribution in [1.29, 1.82) is 0 Å². The van der Waals surface area contributed by atoms with Crippen LogP contribution < -0.4 is 4.74 Å². The molecular formula is C8H7Br3O. The molecule has 12 heavy (non-hydrogen) atoms. The van der Waals surface area contributed by atoms with Crippen LogP contribution >= 0.6 is 47.8 Å². The Bertz CT molecular complexity index is 263. The minimum Gasteiger partial charge on any atom is -0.494 e. The van der Waals surface area contributed by atoms with Crippen molar-refractivity contribution in [2.45, 2.75) is 5.33 Å². The fraction of sp³-hybridized carbons (Fsp3) is 0.250. The molecule has 0 saturated heterocycles. The summed E-state index contributed by atoms with van der Waals surface area (Å²) in [6.07, 6.45) is 0. The van der Waals surface area contributed by atoms with Crippen molar-refractivity contribution < 1.29 is 4.74 Å². The van der Waals surface area contributed by atoms with Gasteiger partial charge >= 0.3 is 0 Å². The molecule has 0 N–H and O–H groups in total. The van der Waals surface area contributed by atoms with Crippen LogP contribution in [-0.4, -0.2) is 7.11 Å². The van der Waals surface area contributed by atoms with E-state index >= 15 is 0 Å². The summed E-state index contributed by atoms with van der Waals surface area (Å²) in [5.74, 6) is 0.833. The molecule has 0 heterocycles. The Hall–Kier alpha value is 0.460. The maximum Gasteiger partial charge on any atom is 0.147 e. The molecule has 0 aliphatic rings. The van der Waals surface area contributed by atoms with Crippen LogP contribution in [0.25, 0.3) is 0 Å². The lowest BCUT2D eigenvalue weighted by Crippen LogP contribution is -1.88. The summed E-state index contributed by atoms with van der Waals surface area (Å²) < 4.78 is 7.10. The van der Waals surface area contributed by atoms with Crippen molar-refractivity contribution in [3.05, 3.63) is 26.6 Å². The Kier molecular flexibility index (Phi) is 4.06. The maximum absolute atomic E-state index is 5.17. The van der Waals surface area contributed by atoms with Gasteiger partial charge in [-0.2, -0.15) is 0 Å². The number of hydrogen-bond acceptors (Lipinski definition) is 1. The summed E-state index contributed by atoms with van der Waals surface area (Å²) in [6, 6.07) is 4.05. The van der Waals surface area contributed by atoms with E-state index in [9.17, 15) is 0 Å². The van der Waals surface area contributed by atoms with Crippen molar-refractivity contribution in [1.82, 2.24) is 0 Å². The van der Waals surface area contributed by atoms with Gasteiger partial charge < -0.3 is 4.74 Å². The molecule has 1 aromatic rings. The normalized spacial score (nSPS) is 10.0. The zero-order chi connectivity index (χ0) is 9.14. The Morgan fingerprint density at radius 1 is 1.25 bits per heavy atom. The first-order chi connectivity index (χ1) is 5.69. The Labute approximate surface area is 96.9 Å². The van der Waals surface area contributed by atoms with Crippen molar-refractivity contribution in [3.8, 4) is 5.75 Å². The number of methoxy groups -OCH3 is 1. The monoisotopic (exact) mass is 356 g/mol. The van der Waals surface area contributed by atoms with E-state index in [1.807, 2.05) is 12.1 Å². The highest BCUT2D eigenvalue weighted by atomic mass is 79.9. The molecule has 0 aliphatic carbocycles. The summed E-state index contributed by atoms with van der Waals surface area (Å²) in [5.41, 5.74) is 1.20. The number of halogens is 3. The molecule has 0 saturated carbocycles. The zero-order valence-electron chi connectivity index (χ0n) is 6.40. The first kappa shape index (κ1) is 10.5. The molecule has 0 radical (unpaired) electrons. The third-order valence-electron chi connectivity index (χ3n) is 1.42. The van der Waals surface area contributed by atoms with Gasteiger partial charge in [0.15, 0.2) is 0 Å². The molecule has 0 bridgehead atoms. The molecular weight excluding hydrogens is 352 g/mol. The van der Waals surface area contributed by atoms with Gasteiger partial charge in [-0.15, -0.1) is 0 Å². The summed E-state index contributed by atoms with van der Waals surface area (Å²) in [5, 5.41) is 0.841. The second-order valence-corrected chi connectivity index (χ2v) is 4.50. The van der Waals surface area contributed by atoms with Crippen molar-refractivity contribution in [2.75, 3.05) is 7.11 Å². The van der Waals surface area contributed by atoms with E-state index in [4.69, 9.17) is 4.74 Å². The first-order valence-electron chi connectivity index (χ1n) is 3.27. The molecule has 1 rings (SSSR count). The van der Waals surface area contributed by atoms with E-state index in [2.05, 4.69) is 47.8 Å². The van der Waals surface area contributed by atoms with Crippen LogP contribution in [0.3, 0.4) is 0 Å². The molecule has 0 aromatic heterocycles. The Morgan fingerprint density at radius 3 is 2.08 bits per heavy atom. The molecule has 1 aromatic carbocycles. The molecule has 0 amide bonds. The van der Waals surface area contributed by atoms with E-state index in [1.54, 1.807) is 7.11 Å². The van der Waals surface area contributed by atoms with Crippen LogP contribution in [0.15, 0.2) is 21.1 Å². The number of hydrogen-bond donors (Lipinski definition) is 0. The van der Waals surface area contributed by atoms with Crippen LogP contribution in [0.5, 0.6) is 5.75 Å². The molecule has 0 unspecified atom stereocenters. The van der Waals surface area contributed by atoms with Crippen LogP contribution in [-0.2, 0) is 5.33 Å². The lowest BCUT2D eigenvalue weighted by atomic mass is 10.2. The van der Waals surface area contributed by atoms with Crippen molar-refractivity contribution in [2.24, 2.45) is 0 Å². The smallest absolute Gasteiger partial charge is 0.147 e. The van der Waals surface area contributed by atoms with E-state index in [1.165, 1.54) is 5.56 Å². The Balaban J connectivity index is 3.18. The average molecular weight is 359 g/mol. The predicted octanol–water partition coefficient (Wildman–Crippen LogP) is 4.12. The molecule has 66 valence electrons. The lowest BCUT2D eigenvalue weighted by Gasteiger charge is -2.07. The predicted molar refractivity (Wildman–Crippen MR) is 61.0 cm³/mol. The number of ether oxygens (including phenoxy) is 1. The first-order valence-corrected chi connectivity index (χ1v) is 5.97. The largest absolute Gasteiger partial charge is 0.494 e. The van der Waals surface area contributed by atoms with Gasteiger partial charge in [-0.05, 0) is 49.6 Å². The van der Waals surface area contributed by atoms with Gasteiger partial charge in [0.25, 0.3) is 0 Å². The van der Waals surface area contributed by atoms with E-state index in [-0.39, 0.29) is 0 Å². The van der Waals surface area contributed by atoms with Gasteiger partial charge in [-0.25, -0.2) is 0 Å². The van der Waals surface area contributed by atoms with Gasteiger partial charge in [0.2, 0.25) is 0 Å². The Morgan fingerprint density at radius 2 is 1.75 bits per heavy atom. The second kappa shape index (κ2) is 4.63. The van der Waals surface area contributed by atoms with Crippen LogP contribution in [0.1, 0.15) is 5.56 Å². The molecule has 0 atom stereocenters. The van der Waals surface area contributed by atoms with Crippen LogP contribution in [0, 0.1) is 0 Å². The third kappa shape index (κ3) is 2.24. The molecule has 1 nitrogen and oxygen atoms in total. The SMILES string of the molecule is COc1c(Br)cc(CBr)cc1Br. The second-order valence-electron chi connectivity index (χ2n) is 2.23. The van der Waals surface area contributed by atoms with E-state index in [0.717, 1.165) is 20.0 Å². The van der Waals surface area contributed by atoms with Gasteiger partial charge in [0, 0.05) is 5.33 Å². The zero-order valence-corrected chi connectivity index (χ0v) is 11.2. The fourth-order valence-electron chi connectivity index (χ4n) is 0.885. The summed E-state index contributed by atoms with van der Waals surface area (Å²) in [4.78, 5) is 0. The highest BCUT2D eigenvalue weighted by Crippen LogP contribution is 2.34. The topological polar surface area (TPSA) is 9.23 Å². The van der Waals surface area contributed by atoms with Crippen LogP contribution in [0.4, 0.5) is 0 Å². The minimum atomic E-state index is 0.833. The summed E-state index contributed by atoms with van der Waals surface area (Å²) >= 11 is 10.2. The molecule has 0 aliphatic heterocycles. The number of benzene rings is 1. The average Bonchev–Trinajstić information content (AvgIpc) is 2.03. The van der Waals surface area contributed by atoms with Crippen molar-refractivity contribution in [3.63, 3.8) is 0 Å². The minimum absolute atomic E-state index is 0.833. The fourth-order valence-corrected chi connectivity index (χ4v) is 2.81. The summed E-state index contributed by atoms with van der Waals surface area (Å²) in [7, 11) is 1.65. The third-order valence-corrected chi connectivity index (χ3v) is 3.24. The van der Waals surface area contributed by atoms with E-state index in [0.29, 0.717) is 0 Å². The molecule has 0 fully saturated rings. The maximum atomic E-state index is 5.17. The number of alkyl halides is 1. The standard InChI is InChI=1S/C8H7Br3O/c1-12-8-6(10)2-5(4-9)3-7(8)11/h2-3H,4H2,1H3. The number of rotatable bonds is 2. The van der Waals surface area contributed by atoms with Gasteiger partial charge in [-0.3, -0.25) is 0 Å². The molecule has 4 heteroatoms. The highest BCUT2D eigenvalue weighted by Gasteiger charge is 2.06. The van der Waals surface area contributed by atoms with Crippen molar-refractivity contribution >= 4 is 47.8 Å². The van der Waals surface area contributed by atoms with Gasteiger partial charge in [-0.1, -0.05) is 15.9 Å². The lowest BCUT2D eigenvalue weighted by molar-refractivity contribution is 0.409. The quantitative estimate of drug-likeness (QED) is 0.723. The van der Waals surface area contributed by atoms with Crippen LogP contribution in [0.2, 0.25) is 0 Å². The highest BCUT2D eigenvalue weighted by molar-refractivity contribution is 9.11. The van der Waals surface area contributed by atoms with Gasteiger partial charge in [0.05, 0.1) is 16.1 Å². The molecule has 0 spiro atoms.